The number of aromatic nitrogens is 6. The van der Waals surface area contributed by atoms with E-state index in [0.29, 0.717) is 35.9 Å². The van der Waals surface area contributed by atoms with Gasteiger partial charge in [0.2, 0.25) is 0 Å². The fraction of sp³-hybridized carbons (Fsp3) is 0.130. The number of anilines is 1. The second kappa shape index (κ2) is 7.64. The van der Waals surface area contributed by atoms with E-state index >= 15 is 0 Å². The molecule has 0 radical (unpaired) electrons. The number of hydrogen-bond donors (Lipinski definition) is 1. The molecule has 154 valence electrons. The van der Waals surface area contributed by atoms with Crippen LogP contribution in [0.15, 0.2) is 67.0 Å². The van der Waals surface area contributed by atoms with Crippen LogP contribution >= 0.6 is 0 Å². The van der Waals surface area contributed by atoms with Gasteiger partial charge in [-0.15, -0.1) is 10.2 Å². The average molecular weight is 413 g/mol. The lowest BCUT2D eigenvalue weighted by atomic mass is 10.0. The number of benzene rings is 2. The highest BCUT2D eigenvalue weighted by molar-refractivity contribution is 5.82. The van der Waals surface area contributed by atoms with Crippen LogP contribution in [0.25, 0.3) is 28.3 Å². The second-order valence-corrected chi connectivity index (χ2v) is 7.22. The molecular formula is C23H20FN7. The number of nitrogens with zero attached hydrogens (tertiary/aromatic N) is 6. The van der Waals surface area contributed by atoms with E-state index in [2.05, 4.69) is 32.4 Å². The van der Waals surface area contributed by atoms with Gasteiger partial charge in [-0.3, -0.25) is 0 Å². The third kappa shape index (κ3) is 3.31. The Kier molecular flexibility index (Phi) is 4.66. The summed E-state index contributed by atoms with van der Waals surface area (Å²) in [5.41, 5.74) is 11.1. The quantitative estimate of drug-likeness (QED) is 0.471. The van der Waals surface area contributed by atoms with Gasteiger partial charge in [-0.2, -0.15) is 9.61 Å². The van der Waals surface area contributed by atoms with Gasteiger partial charge in [-0.05, 0) is 29.7 Å². The Balaban J connectivity index is 1.63. The van der Waals surface area contributed by atoms with Gasteiger partial charge in [0.1, 0.15) is 5.82 Å². The summed E-state index contributed by atoms with van der Waals surface area (Å²) in [6.45, 7) is 2.64. The van der Waals surface area contributed by atoms with Crippen LogP contribution in [0.5, 0.6) is 0 Å². The van der Waals surface area contributed by atoms with Gasteiger partial charge in [-0.25, -0.2) is 9.37 Å². The summed E-state index contributed by atoms with van der Waals surface area (Å²) in [5.74, 6) is 0.678. The van der Waals surface area contributed by atoms with Crippen molar-refractivity contribution in [3.8, 4) is 22.6 Å². The van der Waals surface area contributed by atoms with Crippen LogP contribution in [0.4, 0.5) is 10.2 Å². The van der Waals surface area contributed by atoms with Crippen LogP contribution in [0.2, 0.25) is 0 Å². The lowest BCUT2D eigenvalue weighted by Crippen LogP contribution is -2.09. The summed E-state index contributed by atoms with van der Waals surface area (Å²) in [7, 11) is 0. The summed E-state index contributed by atoms with van der Waals surface area (Å²) in [6, 6.07) is 16.4. The third-order valence-corrected chi connectivity index (χ3v) is 5.24. The van der Waals surface area contributed by atoms with E-state index < -0.39 is 0 Å². The molecule has 0 unspecified atom stereocenters. The maximum absolute atomic E-state index is 13.4. The molecule has 0 bridgehead atoms. The topological polar surface area (TPSA) is 86.9 Å². The highest BCUT2D eigenvalue weighted by atomic mass is 19.1. The number of fused-ring (bicyclic) bond motifs is 1. The van der Waals surface area contributed by atoms with Crippen molar-refractivity contribution in [1.29, 1.82) is 0 Å². The Bertz CT molecular complexity index is 1350. The monoisotopic (exact) mass is 413 g/mol. The molecule has 31 heavy (non-hydrogen) atoms. The predicted octanol–water partition coefficient (Wildman–Crippen LogP) is 3.99. The SMILES string of the molecule is CCc1nn2c(N)c(-c3nccn3Cc3ccccc3)nnc2c1-c1ccc(F)cc1. The highest BCUT2D eigenvalue weighted by Gasteiger charge is 2.21. The Morgan fingerprint density at radius 2 is 1.77 bits per heavy atom. The predicted molar refractivity (Wildman–Crippen MR) is 117 cm³/mol. The van der Waals surface area contributed by atoms with E-state index in [4.69, 9.17) is 5.73 Å². The van der Waals surface area contributed by atoms with Gasteiger partial charge in [0, 0.05) is 18.9 Å². The molecule has 3 heterocycles. The highest BCUT2D eigenvalue weighted by Crippen LogP contribution is 2.31. The van der Waals surface area contributed by atoms with Gasteiger partial charge in [0.05, 0.1) is 11.3 Å². The zero-order valence-corrected chi connectivity index (χ0v) is 16.9. The van der Waals surface area contributed by atoms with Crippen molar-refractivity contribution in [2.24, 2.45) is 0 Å². The lowest BCUT2D eigenvalue weighted by Gasteiger charge is -2.09. The number of nitrogen functional groups attached to an aromatic ring is 1. The molecule has 0 saturated heterocycles. The first kappa shape index (κ1) is 18.9. The van der Waals surface area contributed by atoms with Gasteiger partial charge in [-0.1, -0.05) is 49.4 Å². The third-order valence-electron chi connectivity index (χ3n) is 5.24. The molecule has 2 aromatic carbocycles. The fourth-order valence-electron chi connectivity index (χ4n) is 3.72. The number of halogens is 1. The minimum absolute atomic E-state index is 0.295. The first-order valence-electron chi connectivity index (χ1n) is 10.0. The van der Waals surface area contributed by atoms with Crippen LogP contribution in [-0.2, 0) is 13.0 Å². The van der Waals surface area contributed by atoms with Crippen molar-refractivity contribution in [3.63, 3.8) is 0 Å². The molecule has 0 aliphatic rings. The van der Waals surface area contributed by atoms with E-state index in [9.17, 15) is 4.39 Å². The minimum Gasteiger partial charge on any atom is -0.382 e. The molecule has 0 fully saturated rings. The zero-order chi connectivity index (χ0) is 21.4. The second-order valence-electron chi connectivity index (χ2n) is 7.22. The Hall–Kier alpha value is -4.07. The molecule has 8 heteroatoms. The maximum Gasteiger partial charge on any atom is 0.187 e. The molecule has 0 aliphatic carbocycles. The Labute approximate surface area is 178 Å². The van der Waals surface area contributed by atoms with Crippen LogP contribution in [-0.4, -0.2) is 29.4 Å². The summed E-state index contributed by atoms with van der Waals surface area (Å²) < 4.78 is 17.0. The molecule has 3 aromatic heterocycles. The van der Waals surface area contributed by atoms with Gasteiger partial charge in [0.15, 0.2) is 23.0 Å². The first-order chi connectivity index (χ1) is 15.2. The molecule has 2 N–H and O–H groups in total. The van der Waals surface area contributed by atoms with Crippen molar-refractivity contribution < 1.29 is 4.39 Å². The lowest BCUT2D eigenvalue weighted by molar-refractivity contribution is 0.628. The largest absolute Gasteiger partial charge is 0.382 e. The van der Waals surface area contributed by atoms with Crippen LogP contribution < -0.4 is 5.73 Å². The van der Waals surface area contributed by atoms with Crippen LogP contribution in [0.1, 0.15) is 18.2 Å². The summed E-state index contributed by atoms with van der Waals surface area (Å²) >= 11 is 0. The summed E-state index contributed by atoms with van der Waals surface area (Å²) in [5, 5.41) is 13.5. The normalized spacial score (nSPS) is 11.3. The molecule has 0 saturated carbocycles. The first-order valence-corrected chi connectivity index (χ1v) is 10.0. The van der Waals surface area contributed by atoms with Gasteiger partial charge < -0.3 is 10.3 Å². The van der Waals surface area contributed by atoms with Crippen LogP contribution in [0.3, 0.4) is 0 Å². The molecule has 7 nitrogen and oxygen atoms in total. The molecule has 5 aromatic rings. The molecule has 0 atom stereocenters. The number of nitrogens with two attached hydrogens (primary N) is 1. The molecule has 5 rings (SSSR count). The molecular weight excluding hydrogens is 393 g/mol. The van der Waals surface area contributed by atoms with E-state index in [1.54, 1.807) is 22.8 Å². The standard InChI is InChI=1S/C23H20FN7/c1-2-18-19(16-8-10-17(24)11-9-16)22-28-27-20(21(25)31(22)29-18)23-26-12-13-30(23)14-15-6-4-3-5-7-15/h3-13H,2,14,25H2,1H3. The fourth-order valence-corrected chi connectivity index (χ4v) is 3.72. The van der Waals surface area contributed by atoms with Crippen molar-refractivity contribution >= 4 is 11.5 Å². The summed E-state index contributed by atoms with van der Waals surface area (Å²) in [4.78, 5) is 4.47. The molecule has 0 amide bonds. The van der Waals surface area contributed by atoms with E-state index in [1.807, 2.05) is 35.9 Å². The van der Waals surface area contributed by atoms with E-state index in [0.717, 1.165) is 22.4 Å². The number of imidazole rings is 1. The van der Waals surface area contributed by atoms with Crippen molar-refractivity contribution in [3.05, 3.63) is 84.1 Å². The minimum atomic E-state index is -0.295. The molecule has 0 aliphatic heterocycles. The summed E-state index contributed by atoms with van der Waals surface area (Å²) in [6.07, 6.45) is 4.28. The van der Waals surface area contributed by atoms with Crippen molar-refractivity contribution in [1.82, 2.24) is 29.4 Å². The Morgan fingerprint density at radius 3 is 2.52 bits per heavy atom. The van der Waals surface area contributed by atoms with Crippen molar-refractivity contribution in [2.75, 3.05) is 5.73 Å². The van der Waals surface area contributed by atoms with E-state index in [1.165, 1.54) is 12.1 Å². The molecule has 0 spiro atoms. The maximum atomic E-state index is 13.4. The Morgan fingerprint density at radius 1 is 1.00 bits per heavy atom. The number of hydrogen-bond acceptors (Lipinski definition) is 5. The van der Waals surface area contributed by atoms with Gasteiger partial charge in [0.25, 0.3) is 0 Å². The van der Waals surface area contributed by atoms with Crippen molar-refractivity contribution in [2.45, 2.75) is 19.9 Å². The number of aryl methyl sites for hydroxylation is 1. The smallest absolute Gasteiger partial charge is 0.187 e. The number of rotatable bonds is 5. The average Bonchev–Trinajstić information content (AvgIpc) is 3.40. The van der Waals surface area contributed by atoms with E-state index in [-0.39, 0.29) is 5.82 Å². The van der Waals surface area contributed by atoms with Gasteiger partial charge >= 0.3 is 0 Å². The zero-order valence-electron chi connectivity index (χ0n) is 16.9. The van der Waals surface area contributed by atoms with Crippen LogP contribution in [0, 0.1) is 5.82 Å².